The first-order chi connectivity index (χ1) is 17.3. The molecule has 3 nitrogen and oxygen atoms in total. The van der Waals surface area contributed by atoms with Gasteiger partial charge in [0.2, 0.25) is 0 Å². The lowest BCUT2D eigenvalue weighted by atomic mass is 9.78. The van der Waals surface area contributed by atoms with Crippen LogP contribution in [0.1, 0.15) is 119 Å². The lowest BCUT2D eigenvalue weighted by Gasteiger charge is -2.28. The predicted molar refractivity (Wildman–Crippen MR) is 158 cm³/mol. The Hall–Kier alpha value is -2.00. The molecule has 0 bridgehead atoms. The Morgan fingerprint density at radius 2 is 0.892 bits per heavy atom. The van der Waals surface area contributed by atoms with Crippen LogP contribution in [0.2, 0.25) is 0 Å². The second-order valence-electron chi connectivity index (χ2n) is 13.0. The van der Waals surface area contributed by atoms with Gasteiger partial charge in [-0.1, -0.05) is 67.5 Å². The monoisotopic (exact) mass is 510 g/mol. The summed E-state index contributed by atoms with van der Waals surface area (Å²) in [4.78, 5) is 0. The maximum Gasteiger partial charge on any atom is 0.122 e. The van der Waals surface area contributed by atoms with Gasteiger partial charge in [-0.15, -0.1) is 0 Å². The van der Waals surface area contributed by atoms with Crippen LogP contribution in [0.3, 0.4) is 0 Å². The minimum atomic E-state index is -0.178. The molecule has 2 aromatic carbocycles. The molecule has 208 valence electrons. The fourth-order valence-corrected chi connectivity index (χ4v) is 5.83. The Morgan fingerprint density at radius 3 is 1.19 bits per heavy atom. The molecule has 0 saturated heterocycles. The second kappa shape index (κ2) is 13.7. The summed E-state index contributed by atoms with van der Waals surface area (Å²) in [6.45, 7) is 22.1. The normalized spacial score (nSPS) is 12.2. The number of phenols is 2. The van der Waals surface area contributed by atoms with Crippen molar-refractivity contribution in [2.24, 2.45) is 23.7 Å². The highest BCUT2D eigenvalue weighted by molar-refractivity contribution is 5.58. The highest BCUT2D eigenvalue weighted by Crippen LogP contribution is 2.45. The van der Waals surface area contributed by atoms with E-state index in [4.69, 9.17) is 0 Å². The zero-order chi connectivity index (χ0) is 28.0. The number of hydrogen-bond acceptors (Lipinski definition) is 3. The van der Waals surface area contributed by atoms with E-state index < -0.39 is 0 Å². The van der Waals surface area contributed by atoms with Crippen LogP contribution in [0.15, 0.2) is 12.1 Å². The molecule has 0 unspecified atom stereocenters. The van der Waals surface area contributed by atoms with E-state index in [0.717, 1.165) is 47.9 Å². The summed E-state index contributed by atoms with van der Waals surface area (Å²) >= 11 is 0. The first kappa shape index (κ1) is 31.2. The van der Waals surface area contributed by atoms with Crippen molar-refractivity contribution in [3.63, 3.8) is 0 Å². The minimum Gasteiger partial charge on any atom is -0.507 e. The molecular weight excluding hydrogens is 456 g/mol. The van der Waals surface area contributed by atoms with Gasteiger partial charge in [-0.2, -0.15) is 0 Å². The highest BCUT2D eigenvalue weighted by atomic mass is 16.3. The summed E-state index contributed by atoms with van der Waals surface area (Å²) in [5.74, 6) is 2.43. The van der Waals surface area contributed by atoms with Gasteiger partial charge < -0.3 is 15.3 Å². The number of aliphatic hydroxyl groups is 1. The van der Waals surface area contributed by atoms with Crippen LogP contribution < -0.4 is 0 Å². The van der Waals surface area contributed by atoms with Crippen molar-refractivity contribution in [2.75, 3.05) is 6.61 Å². The molecule has 0 radical (unpaired) electrons. The molecule has 0 spiro atoms. The molecule has 2 aromatic rings. The number of phenolic OH excluding ortho intramolecular Hbond substituents is 2. The number of hydrogen-bond donors (Lipinski definition) is 3. The van der Waals surface area contributed by atoms with Crippen LogP contribution in [0, 0.1) is 37.5 Å². The van der Waals surface area contributed by atoms with Crippen molar-refractivity contribution in [3.8, 4) is 11.5 Å². The van der Waals surface area contributed by atoms with Crippen LogP contribution in [0.5, 0.6) is 11.5 Å². The topological polar surface area (TPSA) is 60.7 Å². The Bertz CT molecular complexity index is 951. The molecule has 0 amide bonds. The molecule has 0 heterocycles. The number of benzene rings is 2. The minimum absolute atomic E-state index is 0.0879. The number of aryl methyl sites for hydroxylation is 2. The zero-order valence-electron chi connectivity index (χ0n) is 25.3. The SMILES string of the molecule is Cc1cc(C(CCCO)c2cc(C)c(CC(C)C)c(CC(C)C)c2O)c(O)c(CC(C)C)c1CC(C)C. The molecule has 2 rings (SSSR count). The van der Waals surface area contributed by atoms with Gasteiger partial charge in [-0.25, -0.2) is 0 Å². The Morgan fingerprint density at radius 1 is 0.568 bits per heavy atom. The maximum atomic E-state index is 11.8. The van der Waals surface area contributed by atoms with Gasteiger partial charge in [0, 0.05) is 23.7 Å². The first-order valence-corrected chi connectivity index (χ1v) is 14.6. The molecule has 0 aromatic heterocycles. The van der Waals surface area contributed by atoms with Crippen molar-refractivity contribution in [2.45, 2.75) is 114 Å². The second-order valence-corrected chi connectivity index (χ2v) is 13.0. The van der Waals surface area contributed by atoms with Gasteiger partial charge in [0.25, 0.3) is 0 Å². The van der Waals surface area contributed by atoms with E-state index in [1.54, 1.807) is 0 Å². The van der Waals surface area contributed by atoms with Crippen LogP contribution in [0.4, 0.5) is 0 Å². The summed E-state index contributed by atoms with van der Waals surface area (Å²) in [6.07, 6.45) is 4.82. The Labute approximate surface area is 227 Å². The van der Waals surface area contributed by atoms with Crippen molar-refractivity contribution in [1.82, 2.24) is 0 Å². The molecule has 3 heteroatoms. The zero-order valence-corrected chi connectivity index (χ0v) is 25.3. The lowest BCUT2D eigenvalue weighted by molar-refractivity contribution is 0.281. The summed E-state index contributed by atoms with van der Waals surface area (Å²) < 4.78 is 0. The van der Waals surface area contributed by atoms with Gasteiger partial charge in [-0.3, -0.25) is 0 Å². The van der Waals surface area contributed by atoms with E-state index in [2.05, 4.69) is 81.4 Å². The Balaban J connectivity index is 2.84. The largest absolute Gasteiger partial charge is 0.507 e. The van der Waals surface area contributed by atoms with E-state index in [-0.39, 0.29) is 12.5 Å². The summed E-state index contributed by atoms with van der Waals surface area (Å²) in [7, 11) is 0. The van der Waals surface area contributed by atoms with Crippen molar-refractivity contribution < 1.29 is 15.3 Å². The van der Waals surface area contributed by atoms with Crippen molar-refractivity contribution in [3.05, 3.63) is 56.6 Å². The quantitative estimate of drug-likeness (QED) is 0.253. The molecule has 0 atom stereocenters. The fraction of sp³-hybridized carbons (Fsp3) is 0.647. The fourth-order valence-electron chi connectivity index (χ4n) is 5.83. The summed E-state index contributed by atoms with van der Waals surface area (Å²) in [5, 5.41) is 33.3. The van der Waals surface area contributed by atoms with Crippen LogP contribution >= 0.6 is 0 Å². The molecular formula is C34H54O3. The average molecular weight is 511 g/mol. The summed E-state index contributed by atoms with van der Waals surface area (Å²) in [5.41, 5.74) is 8.83. The van der Waals surface area contributed by atoms with E-state index in [1.165, 1.54) is 22.3 Å². The van der Waals surface area contributed by atoms with Crippen LogP contribution in [-0.2, 0) is 25.7 Å². The molecule has 37 heavy (non-hydrogen) atoms. The van der Waals surface area contributed by atoms with Gasteiger partial charge in [-0.05, 0) is 109 Å². The standard InChI is InChI=1S/C34H54O3/c1-20(2)14-27-24(9)18-31(33(36)29(27)16-22(5)6)26(12-11-13-35)32-19-25(10)28(15-21(3)4)30(34(32)37)17-23(7)8/h18-23,26,35-37H,11-17H2,1-10H3. The summed E-state index contributed by atoms with van der Waals surface area (Å²) in [6, 6.07) is 4.30. The molecule has 0 saturated carbocycles. The molecule has 0 aliphatic heterocycles. The first-order valence-electron chi connectivity index (χ1n) is 14.6. The molecule has 3 N–H and O–H groups in total. The van der Waals surface area contributed by atoms with Crippen LogP contribution in [-0.4, -0.2) is 21.9 Å². The molecule has 0 fully saturated rings. The van der Waals surface area contributed by atoms with E-state index in [1.807, 2.05) is 0 Å². The van der Waals surface area contributed by atoms with Crippen molar-refractivity contribution >= 4 is 0 Å². The average Bonchev–Trinajstić information content (AvgIpc) is 2.78. The van der Waals surface area contributed by atoms with Gasteiger partial charge >= 0.3 is 0 Å². The molecule has 0 aliphatic rings. The van der Waals surface area contributed by atoms with Gasteiger partial charge in [0.15, 0.2) is 0 Å². The smallest absolute Gasteiger partial charge is 0.122 e. The molecule has 0 aliphatic carbocycles. The van der Waals surface area contributed by atoms with Crippen LogP contribution in [0.25, 0.3) is 0 Å². The van der Waals surface area contributed by atoms with E-state index in [0.29, 0.717) is 48.0 Å². The highest BCUT2D eigenvalue weighted by Gasteiger charge is 2.28. The third kappa shape index (κ3) is 7.99. The van der Waals surface area contributed by atoms with Gasteiger partial charge in [0.05, 0.1) is 0 Å². The Kier molecular flexibility index (Phi) is 11.6. The third-order valence-corrected chi connectivity index (χ3v) is 7.39. The van der Waals surface area contributed by atoms with Gasteiger partial charge in [0.1, 0.15) is 11.5 Å². The lowest BCUT2D eigenvalue weighted by Crippen LogP contribution is -2.13. The number of rotatable bonds is 13. The third-order valence-electron chi connectivity index (χ3n) is 7.39. The van der Waals surface area contributed by atoms with E-state index >= 15 is 0 Å². The number of aromatic hydroxyl groups is 2. The number of aliphatic hydroxyl groups excluding tert-OH is 1. The van der Waals surface area contributed by atoms with Crippen molar-refractivity contribution in [1.29, 1.82) is 0 Å². The van der Waals surface area contributed by atoms with E-state index in [9.17, 15) is 15.3 Å². The maximum absolute atomic E-state index is 11.8. The predicted octanol–water partition coefficient (Wildman–Crippen LogP) is 8.41.